The van der Waals surface area contributed by atoms with Gasteiger partial charge in [-0.1, -0.05) is 6.07 Å². The van der Waals surface area contributed by atoms with Crippen LogP contribution in [0.25, 0.3) is 11.1 Å². The third-order valence-corrected chi connectivity index (χ3v) is 2.76. The van der Waals surface area contributed by atoms with E-state index in [0.717, 1.165) is 16.9 Å². The van der Waals surface area contributed by atoms with E-state index in [2.05, 4.69) is 4.98 Å². The molecule has 4 heteroatoms. The second kappa shape index (κ2) is 4.87. The summed E-state index contributed by atoms with van der Waals surface area (Å²) in [6.45, 7) is 1.92. The van der Waals surface area contributed by atoms with Gasteiger partial charge in [-0.25, -0.2) is 4.79 Å². The number of methoxy groups -OCH3 is 1. The molecule has 18 heavy (non-hydrogen) atoms. The minimum atomic E-state index is -0.958. The largest absolute Gasteiger partial charge is 0.496 e. The molecule has 1 aromatic carbocycles. The highest BCUT2D eigenvalue weighted by Gasteiger charge is 2.12. The van der Waals surface area contributed by atoms with Gasteiger partial charge in [0.05, 0.1) is 12.7 Å². The van der Waals surface area contributed by atoms with Crippen LogP contribution in [-0.2, 0) is 0 Å². The number of aryl methyl sites for hydroxylation is 1. The first-order chi connectivity index (χ1) is 8.63. The Labute approximate surface area is 105 Å². The molecular formula is C14H13NO3. The average molecular weight is 243 g/mol. The van der Waals surface area contributed by atoms with E-state index in [4.69, 9.17) is 9.84 Å². The van der Waals surface area contributed by atoms with Crippen molar-refractivity contribution in [3.05, 3.63) is 47.8 Å². The van der Waals surface area contributed by atoms with Gasteiger partial charge in [-0.15, -0.1) is 0 Å². The molecule has 0 aliphatic carbocycles. The zero-order valence-corrected chi connectivity index (χ0v) is 10.2. The Hall–Kier alpha value is -2.36. The highest BCUT2D eigenvalue weighted by atomic mass is 16.5. The maximum absolute atomic E-state index is 11.2. The number of hydrogen-bond acceptors (Lipinski definition) is 3. The summed E-state index contributed by atoms with van der Waals surface area (Å²) in [6, 6.07) is 7.04. The van der Waals surface area contributed by atoms with E-state index in [1.807, 2.05) is 25.1 Å². The molecule has 0 aliphatic rings. The molecule has 2 aromatic rings. The maximum atomic E-state index is 11.2. The summed E-state index contributed by atoms with van der Waals surface area (Å²) in [6.07, 6.45) is 3.04. The fourth-order valence-electron chi connectivity index (χ4n) is 1.86. The standard InChI is InChI=1S/C14H13NO3/c1-9-7-10(3-4-13(9)18-2)12-8-15-6-5-11(12)14(16)17/h3-8H,1-2H3,(H,16,17). The Balaban J connectivity index is 2.55. The van der Waals surface area contributed by atoms with Crippen LogP contribution < -0.4 is 4.74 Å². The first kappa shape index (κ1) is 12.1. The quantitative estimate of drug-likeness (QED) is 0.900. The SMILES string of the molecule is COc1ccc(-c2cnccc2C(=O)O)cc1C. The van der Waals surface area contributed by atoms with E-state index in [9.17, 15) is 4.79 Å². The summed E-state index contributed by atoms with van der Waals surface area (Å²) in [5.74, 6) is -0.180. The predicted octanol–water partition coefficient (Wildman–Crippen LogP) is 2.76. The van der Waals surface area contributed by atoms with Crippen molar-refractivity contribution in [1.82, 2.24) is 4.98 Å². The van der Waals surface area contributed by atoms with Crippen LogP contribution in [0.1, 0.15) is 15.9 Å². The number of benzene rings is 1. The molecule has 2 rings (SSSR count). The number of nitrogens with zero attached hydrogens (tertiary/aromatic N) is 1. The van der Waals surface area contributed by atoms with Crippen molar-refractivity contribution in [2.45, 2.75) is 6.92 Å². The molecule has 1 aromatic heterocycles. The Morgan fingerprint density at radius 2 is 2.11 bits per heavy atom. The summed E-state index contributed by atoms with van der Waals surface area (Å²) < 4.78 is 5.18. The van der Waals surface area contributed by atoms with Crippen LogP contribution in [0.3, 0.4) is 0 Å². The molecule has 1 N–H and O–H groups in total. The number of carboxylic acids is 1. The Kier molecular flexibility index (Phi) is 3.28. The number of pyridine rings is 1. The third-order valence-electron chi connectivity index (χ3n) is 2.76. The van der Waals surface area contributed by atoms with Crippen molar-refractivity contribution in [3.8, 4) is 16.9 Å². The van der Waals surface area contributed by atoms with Gasteiger partial charge in [-0.3, -0.25) is 4.98 Å². The average Bonchev–Trinajstić information content (AvgIpc) is 2.38. The van der Waals surface area contributed by atoms with Crippen LogP contribution >= 0.6 is 0 Å². The van der Waals surface area contributed by atoms with Crippen LogP contribution in [0.2, 0.25) is 0 Å². The van der Waals surface area contributed by atoms with Crippen molar-refractivity contribution in [2.24, 2.45) is 0 Å². The highest BCUT2D eigenvalue weighted by Crippen LogP contribution is 2.27. The predicted molar refractivity (Wildman–Crippen MR) is 67.9 cm³/mol. The fourth-order valence-corrected chi connectivity index (χ4v) is 1.86. The lowest BCUT2D eigenvalue weighted by Gasteiger charge is -2.09. The van der Waals surface area contributed by atoms with Crippen molar-refractivity contribution < 1.29 is 14.6 Å². The molecule has 0 spiro atoms. The second-order valence-electron chi connectivity index (χ2n) is 3.91. The molecule has 0 fully saturated rings. The molecule has 0 unspecified atom stereocenters. The fraction of sp³-hybridized carbons (Fsp3) is 0.143. The number of hydrogen-bond donors (Lipinski definition) is 1. The number of carbonyl (C=O) groups is 1. The smallest absolute Gasteiger partial charge is 0.336 e. The van der Waals surface area contributed by atoms with E-state index in [1.165, 1.54) is 12.3 Å². The van der Waals surface area contributed by atoms with Gasteiger partial charge >= 0.3 is 5.97 Å². The highest BCUT2D eigenvalue weighted by molar-refractivity contribution is 5.95. The molecular weight excluding hydrogens is 230 g/mol. The van der Waals surface area contributed by atoms with Gasteiger partial charge in [0.15, 0.2) is 0 Å². The minimum Gasteiger partial charge on any atom is -0.496 e. The lowest BCUT2D eigenvalue weighted by molar-refractivity contribution is 0.0697. The third kappa shape index (κ3) is 2.18. The number of carboxylic acid groups (broad SMARTS) is 1. The van der Waals surface area contributed by atoms with Gasteiger partial charge in [-0.2, -0.15) is 0 Å². The van der Waals surface area contributed by atoms with Gasteiger partial charge in [0.2, 0.25) is 0 Å². The van der Waals surface area contributed by atoms with Crippen molar-refractivity contribution in [3.63, 3.8) is 0 Å². The number of aromatic carboxylic acids is 1. The Morgan fingerprint density at radius 3 is 2.72 bits per heavy atom. The van der Waals surface area contributed by atoms with Crippen molar-refractivity contribution >= 4 is 5.97 Å². The van der Waals surface area contributed by atoms with Crippen molar-refractivity contribution in [2.75, 3.05) is 7.11 Å². The van der Waals surface area contributed by atoms with Gasteiger partial charge in [-0.05, 0) is 36.2 Å². The van der Waals surface area contributed by atoms with Crippen LogP contribution in [0.4, 0.5) is 0 Å². The van der Waals surface area contributed by atoms with E-state index in [0.29, 0.717) is 5.56 Å². The Morgan fingerprint density at radius 1 is 1.33 bits per heavy atom. The Bertz CT molecular complexity index is 593. The van der Waals surface area contributed by atoms with Crippen LogP contribution in [0.15, 0.2) is 36.7 Å². The molecule has 1 heterocycles. The van der Waals surface area contributed by atoms with Gasteiger partial charge in [0.1, 0.15) is 5.75 Å². The maximum Gasteiger partial charge on any atom is 0.336 e. The summed E-state index contributed by atoms with van der Waals surface area (Å²) >= 11 is 0. The molecule has 0 aliphatic heterocycles. The monoisotopic (exact) mass is 243 g/mol. The molecule has 92 valence electrons. The normalized spacial score (nSPS) is 10.1. The summed E-state index contributed by atoms with van der Waals surface area (Å²) in [4.78, 5) is 15.1. The van der Waals surface area contributed by atoms with Gasteiger partial charge in [0.25, 0.3) is 0 Å². The summed E-state index contributed by atoms with van der Waals surface area (Å²) in [5.41, 5.74) is 2.62. The van der Waals surface area contributed by atoms with E-state index < -0.39 is 5.97 Å². The molecule has 0 amide bonds. The van der Waals surface area contributed by atoms with E-state index in [1.54, 1.807) is 13.3 Å². The molecule has 0 saturated heterocycles. The molecule has 0 radical (unpaired) electrons. The van der Waals surface area contributed by atoms with Crippen LogP contribution in [0.5, 0.6) is 5.75 Å². The first-order valence-corrected chi connectivity index (χ1v) is 5.46. The van der Waals surface area contributed by atoms with Gasteiger partial charge < -0.3 is 9.84 Å². The molecule has 0 atom stereocenters. The minimum absolute atomic E-state index is 0.245. The molecule has 4 nitrogen and oxygen atoms in total. The summed E-state index contributed by atoms with van der Waals surface area (Å²) in [7, 11) is 1.61. The topological polar surface area (TPSA) is 59.4 Å². The van der Waals surface area contributed by atoms with Gasteiger partial charge in [0, 0.05) is 18.0 Å². The van der Waals surface area contributed by atoms with E-state index >= 15 is 0 Å². The molecule has 0 bridgehead atoms. The number of aromatic nitrogens is 1. The zero-order valence-electron chi connectivity index (χ0n) is 10.2. The molecule has 0 saturated carbocycles. The summed E-state index contributed by atoms with van der Waals surface area (Å²) in [5, 5.41) is 9.14. The lowest BCUT2D eigenvalue weighted by atomic mass is 10.00. The number of ether oxygens (including phenoxy) is 1. The van der Waals surface area contributed by atoms with Crippen LogP contribution in [0, 0.1) is 6.92 Å². The second-order valence-corrected chi connectivity index (χ2v) is 3.91. The van der Waals surface area contributed by atoms with Crippen LogP contribution in [-0.4, -0.2) is 23.2 Å². The first-order valence-electron chi connectivity index (χ1n) is 5.46. The van der Waals surface area contributed by atoms with Crippen molar-refractivity contribution in [1.29, 1.82) is 0 Å². The van der Waals surface area contributed by atoms with E-state index in [-0.39, 0.29) is 5.56 Å². The lowest BCUT2D eigenvalue weighted by Crippen LogP contribution is -2.00. The zero-order chi connectivity index (χ0) is 13.1. The number of rotatable bonds is 3.